The summed E-state index contributed by atoms with van der Waals surface area (Å²) in [4.78, 5) is 33.0. The fourth-order valence-corrected chi connectivity index (χ4v) is 1.52. The van der Waals surface area contributed by atoms with Crippen LogP contribution in [0.2, 0.25) is 0 Å². The largest absolute Gasteiger partial charge is 0.464 e. The highest BCUT2D eigenvalue weighted by Gasteiger charge is 2.13. The van der Waals surface area contributed by atoms with Crippen LogP contribution in [0.1, 0.15) is 10.5 Å². The standard InChI is InChI=1S/C12H9F2N3O4/c1-20-11(19)8-5-15-4-7(16-8)6-2-3-9(17-10(6)18)21-12(13)14/h2-5,12H,1H3,(H,17,18). The number of pyridine rings is 1. The smallest absolute Gasteiger partial charge is 0.388 e. The van der Waals surface area contributed by atoms with Crippen LogP contribution in [0.25, 0.3) is 11.3 Å². The lowest BCUT2D eigenvalue weighted by Crippen LogP contribution is -2.14. The van der Waals surface area contributed by atoms with Gasteiger partial charge in [-0.2, -0.15) is 8.78 Å². The molecule has 2 aromatic rings. The van der Waals surface area contributed by atoms with E-state index in [0.29, 0.717) is 0 Å². The van der Waals surface area contributed by atoms with Crippen LogP contribution in [0.5, 0.6) is 5.88 Å². The summed E-state index contributed by atoms with van der Waals surface area (Å²) in [6, 6.07) is 2.39. The molecule has 21 heavy (non-hydrogen) atoms. The maximum atomic E-state index is 12.0. The third kappa shape index (κ3) is 3.38. The van der Waals surface area contributed by atoms with Crippen molar-refractivity contribution in [3.05, 3.63) is 40.6 Å². The van der Waals surface area contributed by atoms with Gasteiger partial charge in [-0.05, 0) is 12.1 Å². The topological polar surface area (TPSA) is 94.2 Å². The van der Waals surface area contributed by atoms with Crippen LogP contribution >= 0.6 is 0 Å². The first-order valence-electron chi connectivity index (χ1n) is 5.60. The van der Waals surface area contributed by atoms with Crippen molar-refractivity contribution < 1.29 is 23.0 Å². The molecule has 110 valence electrons. The molecule has 2 heterocycles. The number of methoxy groups -OCH3 is 1. The molecule has 0 aliphatic heterocycles. The first kappa shape index (κ1) is 14.6. The zero-order valence-electron chi connectivity index (χ0n) is 10.7. The minimum absolute atomic E-state index is 0.0508. The second-order valence-electron chi connectivity index (χ2n) is 3.73. The van der Waals surface area contributed by atoms with Crippen molar-refractivity contribution in [2.24, 2.45) is 0 Å². The number of halogens is 2. The van der Waals surface area contributed by atoms with E-state index in [-0.39, 0.29) is 22.8 Å². The van der Waals surface area contributed by atoms with E-state index in [1.54, 1.807) is 0 Å². The molecule has 0 aromatic carbocycles. The van der Waals surface area contributed by atoms with Crippen LogP contribution in [-0.4, -0.2) is 34.6 Å². The number of aromatic nitrogens is 3. The number of hydrogen-bond donors (Lipinski definition) is 1. The molecule has 2 aromatic heterocycles. The highest BCUT2D eigenvalue weighted by Crippen LogP contribution is 2.15. The van der Waals surface area contributed by atoms with E-state index in [1.165, 1.54) is 25.6 Å². The van der Waals surface area contributed by atoms with Crippen molar-refractivity contribution >= 4 is 5.97 Å². The van der Waals surface area contributed by atoms with E-state index in [0.717, 1.165) is 6.07 Å². The number of aromatic amines is 1. The monoisotopic (exact) mass is 297 g/mol. The summed E-state index contributed by atoms with van der Waals surface area (Å²) >= 11 is 0. The number of rotatable bonds is 4. The summed E-state index contributed by atoms with van der Waals surface area (Å²) in [7, 11) is 1.18. The average Bonchev–Trinajstić information content (AvgIpc) is 2.46. The van der Waals surface area contributed by atoms with Gasteiger partial charge in [0, 0.05) is 0 Å². The van der Waals surface area contributed by atoms with Crippen LogP contribution in [-0.2, 0) is 4.74 Å². The van der Waals surface area contributed by atoms with E-state index in [4.69, 9.17) is 0 Å². The number of ether oxygens (including phenoxy) is 2. The Morgan fingerprint density at radius 2 is 2.10 bits per heavy atom. The number of nitrogens with one attached hydrogen (secondary N) is 1. The van der Waals surface area contributed by atoms with Gasteiger partial charge in [0.1, 0.15) is 0 Å². The number of carbonyl (C=O) groups excluding carboxylic acids is 1. The van der Waals surface area contributed by atoms with E-state index >= 15 is 0 Å². The van der Waals surface area contributed by atoms with Gasteiger partial charge in [0.15, 0.2) is 11.6 Å². The summed E-state index contributed by atoms with van der Waals surface area (Å²) in [5.41, 5.74) is -0.635. The molecule has 0 aliphatic carbocycles. The maximum absolute atomic E-state index is 12.0. The number of alkyl halides is 2. The molecule has 1 N–H and O–H groups in total. The van der Waals surface area contributed by atoms with Gasteiger partial charge in [-0.15, -0.1) is 0 Å². The first-order valence-corrected chi connectivity index (χ1v) is 5.60. The van der Waals surface area contributed by atoms with Crippen molar-refractivity contribution in [1.82, 2.24) is 15.0 Å². The molecule has 0 bridgehead atoms. The summed E-state index contributed by atoms with van der Waals surface area (Å²) < 4.78 is 32.6. The number of carbonyl (C=O) groups is 1. The Bertz CT molecular complexity index is 718. The SMILES string of the molecule is COC(=O)c1cncc(-c2ccc(OC(F)F)[nH]c2=O)n1. The Labute approximate surface area is 116 Å². The van der Waals surface area contributed by atoms with Crippen molar-refractivity contribution in [3.8, 4) is 17.1 Å². The molecule has 7 nitrogen and oxygen atoms in total. The van der Waals surface area contributed by atoms with Crippen LogP contribution in [0.15, 0.2) is 29.3 Å². The predicted molar refractivity (Wildman–Crippen MR) is 66.1 cm³/mol. The molecule has 0 saturated carbocycles. The van der Waals surface area contributed by atoms with Gasteiger partial charge in [0.2, 0.25) is 0 Å². The molecular formula is C12H9F2N3O4. The zero-order valence-corrected chi connectivity index (χ0v) is 10.7. The lowest BCUT2D eigenvalue weighted by Gasteiger charge is -2.05. The molecule has 0 unspecified atom stereocenters. The van der Waals surface area contributed by atoms with Crippen molar-refractivity contribution in [3.63, 3.8) is 0 Å². The van der Waals surface area contributed by atoms with Crippen LogP contribution in [0, 0.1) is 0 Å². The Balaban J connectivity index is 2.38. The van der Waals surface area contributed by atoms with E-state index in [2.05, 4.69) is 24.4 Å². The second kappa shape index (κ2) is 6.07. The Morgan fingerprint density at radius 3 is 2.71 bits per heavy atom. The summed E-state index contributed by atoms with van der Waals surface area (Å²) in [5.74, 6) is -1.09. The van der Waals surface area contributed by atoms with Gasteiger partial charge in [0.25, 0.3) is 5.56 Å². The summed E-state index contributed by atoms with van der Waals surface area (Å²) in [6.07, 6.45) is 2.43. The fourth-order valence-electron chi connectivity index (χ4n) is 1.52. The van der Waals surface area contributed by atoms with Gasteiger partial charge in [-0.3, -0.25) is 14.8 Å². The molecule has 0 saturated heterocycles. The molecule has 2 rings (SSSR count). The normalized spacial score (nSPS) is 10.5. The van der Waals surface area contributed by atoms with Gasteiger partial charge >= 0.3 is 12.6 Å². The minimum Gasteiger partial charge on any atom is -0.464 e. The Morgan fingerprint density at radius 1 is 1.33 bits per heavy atom. The molecule has 0 aliphatic rings. The third-order valence-corrected chi connectivity index (χ3v) is 2.40. The Hall–Kier alpha value is -2.84. The molecule has 0 spiro atoms. The molecule has 0 fully saturated rings. The second-order valence-corrected chi connectivity index (χ2v) is 3.73. The van der Waals surface area contributed by atoms with E-state index in [1.807, 2.05) is 0 Å². The lowest BCUT2D eigenvalue weighted by atomic mass is 10.2. The zero-order chi connectivity index (χ0) is 15.4. The number of hydrogen-bond acceptors (Lipinski definition) is 6. The van der Waals surface area contributed by atoms with Gasteiger partial charge in [-0.25, -0.2) is 9.78 Å². The van der Waals surface area contributed by atoms with Gasteiger partial charge < -0.3 is 9.47 Å². The van der Waals surface area contributed by atoms with Crippen molar-refractivity contribution in [2.45, 2.75) is 6.61 Å². The quantitative estimate of drug-likeness (QED) is 0.853. The van der Waals surface area contributed by atoms with E-state index < -0.39 is 18.1 Å². The first-order chi connectivity index (χ1) is 10.0. The van der Waals surface area contributed by atoms with Gasteiger partial charge in [0.05, 0.1) is 30.8 Å². The molecule has 9 heteroatoms. The minimum atomic E-state index is -3.05. The molecule has 0 atom stereocenters. The maximum Gasteiger partial charge on any atom is 0.388 e. The molecule has 0 amide bonds. The molecular weight excluding hydrogens is 288 g/mol. The summed E-state index contributed by atoms with van der Waals surface area (Å²) in [6.45, 7) is -3.05. The fraction of sp³-hybridized carbons (Fsp3) is 0.167. The average molecular weight is 297 g/mol. The predicted octanol–water partition coefficient (Wildman–Crippen LogP) is 1.22. The number of H-pyrrole nitrogens is 1. The third-order valence-electron chi connectivity index (χ3n) is 2.40. The highest BCUT2D eigenvalue weighted by molar-refractivity contribution is 5.87. The van der Waals surface area contributed by atoms with Gasteiger partial charge in [-0.1, -0.05) is 0 Å². The Kier molecular flexibility index (Phi) is 4.21. The van der Waals surface area contributed by atoms with E-state index in [9.17, 15) is 18.4 Å². The lowest BCUT2D eigenvalue weighted by molar-refractivity contribution is -0.0529. The van der Waals surface area contributed by atoms with Crippen LogP contribution in [0.4, 0.5) is 8.78 Å². The van der Waals surface area contributed by atoms with Crippen molar-refractivity contribution in [1.29, 1.82) is 0 Å². The van der Waals surface area contributed by atoms with Crippen LogP contribution in [0.3, 0.4) is 0 Å². The number of esters is 1. The highest BCUT2D eigenvalue weighted by atomic mass is 19.3. The summed E-state index contributed by atoms with van der Waals surface area (Å²) in [5, 5.41) is 0. The van der Waals surface area contributed by atoms with Crippen molar-refractivity contribution in [2.75, 3.05) is 7.11 Å². The number of nitrogens with zero attached hydrogens (tertiary/aromatic N) is 2. The van der Waals surface area contributed by atoms with Crippen LogP contribution < -0.4 is 10.3 Å². The molecule has 0 radical (unpaired) electrons.